The highest BCUT2D eigenvalue weighted by Crippen LogP contribution is 2.28. The van der Waals surface area contributed by atoms with Gasteiger partial charge >= 0.3 is 12.0 Å². The van der Waals surface area contributed by atoms with Crippen molar-refractivity contribution < 1.29 is 19.5 Å². The van der Waals surface area contributed by atoms with Crippen molar-refractivity contribution in [2.24, 2.45) is 0 Å². The number of hydrogen-bond acceptors (Lipinski definition) is 4. The molecule has 0 aromatic rings. The van der Waals surface area contributed by atoms with Crippen molar-refractivity contribution in [3.63, 3.8) is 0 Å². The molecule has 1 rings (SSSR count). The van der Waals surface area contributed by atoms with Gasteiger partial charge in [0.25, 0.3) is 0 Å². The minimum atomic E-state index is -1.05. The number of thioether (sulfide) groups is 1. The number of carbonyl (C=O) groups excluding carboxylic acids is 2. The monoisotopic (exact) mass is 274 g/mol. The fourth-order valence-corrected chi connectivity index (χ4v) is 2.92. The Morgan fingerprint density at radius 2 is 2.00 bits per heavy atom. The van der Waals surface area contributed by atoms with E-state index in [4.69, 9.17) is 5.11 Å². The van der Waals surface area contributed by atoms with Crippen LogP contribution in [0, 0.1) is 0 Å². The molecule has 7 heteroatoms. The summed E-state index contributed by atoms with van der Waals surface area (Å²) in [5.41, 5.74) is 0. The van der Waals surface area contributed by atoms with E-state index in [-0.39, 0.29) is 18.9 Å². The number of imide groups is 1. The van der Waals surface area contributed by atoms with Crippen molar-refractivity contribution in [2.45, 2.75) is 43.4 Å². The van der Waals surface area contributed by atoms with Gasteiger partial charge in [0.15, 0.2) is 0 Å². The summed E-state index contributed by atoms with van der Waals surface area (Å²) in [6.45, 7) is 0. The van der Waals surface area contributed by atoms with Crippen LogP contribution in [0.3, 0.4) is 0 Å². The first-order valence-electron chi connectivity index (χ1n) is 5.88. The number of amides is 3. The van der Waals surface area contributed by atoms with E-state index in [1.165, 1.54) is 0 Å². The Balaban J connectivity index is 2.28. The van der Waals surface area contributed by atoms with Crippen LogP contribution in [-0.4, -0.2) is 40.6 Å². The molecular formula is C11H18N2O4S. The van der Waals surface area contributed by atoms with Crippen molar-refractivity contribution in [3.8, 4) is 0 Å². The van der Waals surface area contributed by atoms with Crippen LogP contribution >= 0.6 is 11.8 Å². The molecule has 18 heavy (non-hydrogen) atoms. The molecule has 0 saturated heterocycles. The van der Waals surface area contributed by atoms with Crippen LogP contribution in [0.1, 0.15) is 32.1 Å². The van der Waals surface area contributed by atoms with Crippen LogP contribution in [-0.2, 0) is 9.59 Å². The molecule has 0 bridgehead atoms. The molecule has 1 aliphatic rings. The zero-order valence-corrected chi connectivity index (χ0v) is 11.1. The summed E-state index contributed by atoms with van der Waals surface area (Å²) >= 11 is 1.71. The van der Waals surface area contributed by atoms with Gasteiger partial charge in [-0.1, -0.05) is 6.42 Å². The Bertz CT molecular complexity index is 335. The van der Waals surface area contributed by atoms with Crippen LogP contribution in [0.5, 0.6) is 0 Å². The average molecular weight is 274 g/mol. The normalized spacial score (nSPS) is 22.5. The molecule has 2 unspecified atom stereocenters. The predicted molar refractivity (Wildman–Crippen MR) is 68.5 cm³/mol. The van der Waals surface area contributed by atoms with E-state index in [0.29, 0.717) is 5.25 Å². The molecular weight excluding hydrogens is 256 g/mol. The standard InChI is InChI=1S/C11H18N2O4S/c1-18-8-4-2-3-7(8)12-11(17)13-9(14)5-6-10(15)16/h7-8H,2-6H2,1H3,(H,15,16)(H2,12,13,14,17). The van der Waals surface area contributed by atoms with E-state index in [0.717, 1.165) is 19.3 Å². The van der Waals surface area contributed by atoms with E-state index in [1.807, 2.05) is 6.26 Å². The van der Waals surface area contributed by atoms with Gasteiger partial charge in [-0.2, -0.15) is 11.8 Å². The number of carboxylic acid groups (broad SMARTS) is 1. The lowest BCUT2D eigenvalue weighted by molar-refractivity contribution is -0.138. The number of nitrogens with one attached hydrogen (secondary N) is 2. The third-order valence-electron chi connectivity index (χ3n) is 2.89. The third-order valence-corrected chi connectivity index (χ3v) is 4.06. The molecule has 0 heterocycles. The first-order valence-corrected chi connectivity index (χ1v) is 7.16. The van der Waals surface area contributed by atoms with Crippen LogP contribution in [0.25, 0.3) is 0 Å². The second kappa shape index (κ2) is 7.25. The van der Waals surface area contributed by atoms with E-state index in [1.54, 1.807) is 11.8 Å². The predicted octanol–water partition coefficient (Wildman–Crippen LogP) is 0.961. The van der Waals surface area contributed by atoms with Gasteiger partial charge in [0.05, 0.1) is 6.42 Å². The van der Waals surface area contributed by atoms with Crippen molar-refractivity contribution in [3.05, 3.63) is 0 Å². The first-order chi connectivity index (χ1) is 8.52. The lowest BCUT2D eigenvalue weighted by Crippen LogP contribution is -2.46. The molecule has 2 atom stereocenters. The summed E-state index contributed by atoms with van der Waals surface area (Å²) in [6.07, 6.45) is 4.61. The third kappa shape index (κ3) is 4.95. The minimum Gasteiger partial charge on any atom is -0.481 e. The van der Waals surface area contributed by atoms with Crippen molar-refractivity contribution in [2.75, 3.05) is 6.26 Å². The lowest BCUT2D eigenvalue weighted by Gasteiger charge is -2.19. The molecule has 6 nitrogen and oxygen atoms in total. The van der Waals surface area contributed by atoms with E-state index in [9.17, 15) is 14.4 Å². The number of urea groups is 1. The Morgan fingerprint density at radius 3 is 2.61 bits per heavy atom. The van der Waals surface area contributed by atoms with Gasteiger partial charge in [0, 0.05) is 17.7 Å². The maximum atomic E-state index is 11.5. The summed E-state index contributed by atoms with van der Waals surface area (Å²) in [6, 6.07) is -0.441. The number of rotatable bonds is 5. The molecule has 0 spiro atoms. The molecule has 0 aliphatic heterocycles. The summed E-state index contributed by atoms with van der Waals surface area (Å²) in [5.74, 6) is -1.61. The Morgan fingerprint density at radius 1 is 1.28 bits per heavy atom. The second-order valence-corrected chi connectivity index (χ2v) is 5.30. The second-order valence-electron chi connectivity index (χ2n) is 4.23. The van der Waals surface area contributed by atoms with Gasteiger partial charge in [0.1, 0.15) is 0 Å². The SMILES string of the molecule is CSC1CCCC1NC(=O)NC(=O)CCC(=O)O. The highest BCUT2D eigenvalue weighted by Gasteiger charge is 2.28. The molecule has 3 amide bonds. The summed E-state index contributed by atoms with van der Waals surface area (Å²) < 4.78 is 0. The zero-order valence-electron chi connectivity index (χ0n) is 10.3. The van der Waals surface area contributed by atoms with Gasteiger partial charge in [-0.25, -0.2) is 4.79 Å². The number of hydrogen-bond donors (Lipinski definition) is 3. The van der Waals surface area contributed by atoms with Gasteiger partial charge in [-0.15, -0.1) is 0 Å². The first kappa shape index (κ1) is 14.8. The Hall–Kier alpha value is -1.24. The summed E-state index contributed by atoms with van der Waals surface area (Å²) in [7, 11) is 0. The van der Waals surface area contributed by atoms with E-state index >= 15 is 0 Å². The van der Waals surface area contributed by atoms with Crippen LogP contribution in [0.2, 0.25) is 0 Å². The van der Waals surface area contributed by atoms with Gasteiger partial charge in [-0.3, -0.25) is 14.9 Å². The van der Waals surface area contributed by atoms with E-state index < -0.39 is 17.9 Å². The molecule has 1 aliphatic carbocycles. The minimum absolute atomic E-state index is 0.0901. The summed E-state index contributed by atoms with van der Waals surface area (Å²) in [5, 5.41) is 13.7. The topological polar surface area (TPSA) is 95.5 Å². The Kier molecular flexibility index (Phi) is 5.97. The highest BCUT2D eigenvalue weighted by atomic mass is 32.2. The number of aliphatic carboxylic acids is 1. The fourth-order valence-electron chi connectivity index (χ4n) is 1.99. The highest BCUT2D eigenvalue weighted by molar-refractivity contribution is 7.99. The van der Waals surface area contributed by atoms with Gasteiger partial charge in [0.2, 0.25) is 5.91 Å². The molecule has 0 aromatic heterocycles. The number of carboxylic acids is 1. The van der Waals surface area contributed by atoms with Crippen LogP contribution in [0.15, 0.2) is 0 Å². The van der Waals surface area contributed by atoms with Crippen molar-refractivity contribution >= 4 is 29.7 Å². The molecule has 0 aromatic carbocycles. The van der Waals surface area contributed by atoms with Gasteiger partial charge in [-0.05, 0) is 19.1 Å². The molecule has 1 saturated carbocycles. The molecule has 1 fully saturated rings. The zero-order chi connectivity index (χ0) is 13.5. The van der Waals surface area contributed by atoms with Gasteiger partial charge < -0.3 is 10.4 Å². The largest absolute Gasteiger partial charge is 0.481 e. The van der Waals surface area contributed by atoms with Crippen molar-refractivity contribution in [1.82, 2.24) is 10.6 Å². The van der Waals surface area contributed by atoms with Crippen LogP contribution in [0.4, 0.5) is 4.79 Å². The quantitative estimate of drug-likeness (QED) is 0.694. The smallest absolute Gasteiger partial charge is 0.321 e. The molecule has 0 radical (unpaired) electrons. The lowest BCUT2D eigenvalue weighted by atomic mass is 10.2. The molecule has 102 valence electrons. The van der Waals surface area contributed by atoms with Crippen molar-refractivity contribution in [1.29, 1.82) is 0 Å². The van der Waals surface area contributed by atoms with E-state index in [2.05, 4.69) is 10.6 Å². The maximum absolute atomic E-state index is 11.5. The molecule has 3 N–H and O–H groups in total. The maximum Gasteiger partial charge on any atom is 0.321 e. The average Bonchev–Trinajstić information content (AvgIpc) is 2.73. The number of carbonyl (C=O) groups is 3. The fraction of sp³-hybridized carbons (Fsp3) is 0.727. The Labute approximate surface area is 110 Å². The summed E-state index contributed by atoms with van der Waals surface area (Å²) in [4.78, 5) is 33.0. The van der Waals surface area contributed by atoms with Crippen LogP contribution < -0.4 is 10.6 Å².